The van der Waals surface area contributed by atoms with Gasteiger partial charge >= 0.3 is 5.97 Å². The number of carboxylic acids is 1. The molecule has 4 atom stereocenters. The molecule has 0 saturated heterocycles. The molecule has 3 aromatic rings. The third-order valence-electron chi connectivity index (χ3n) is 6.49. The summed E-state index contributed by atoms with van der Waals surface area (Å²) < 4.78 is 0. The van der Waals surface area contributed by atoms with Gasteiger partial charge in [0, 0.05) is 31.2 Å². The highest BCUT2D eigenvalue weighted by Gasteiger charge is 2.31. The number of aromatic amines is 1. The fraction of sp³-hybridized carbons (Fsp3) is 0.345. The SMILES string of the molecule is CSCCC(N)C(=O)NC(Cc1ccc(O)cc1)C(=O)NC(Cc1ccccc1)C(=O)NC(Cc1cnc[nH]1)C(=O)O. The molecule has 13 heteroatoms. The summed E-state index contributed by atoms with van der Waals surface area (Å²) in [6.07, 6.45) is 5.27. The van der Waals surface area contributed by atoms with Crippen LogP contribution in [0.3, 0.4) is 0 Å². The molecule has 0 spiro atoms. The lowest BCUT2D eigenvalue weighted by Gasteiger charge is -2.25. The number of aromatic hydroxyl groups is 1. The molecule has 3 amide bonds. The van der Waals surface area contributed by atoms with Gasteiger partial charge in [-0.2, -0.15) is 11.8 Å². The molecule has 2 aromatic carbocycles. The predicted octanol–water partition coefficient (Wildman–Crippen LogP) is 0.763. The highest BCUT2D eigenvalue weighted by Crippen LogP contribution is 2.13. The van der Waals surface area contributed by atoms with Crippen molar-refractivity contribution in [3.63, 3.8) is 0 Å². The predicted molar refractivity (Wildman–Crippen MR) is 159 cm³/mol. The Morgan fingerprint density at radius 3 is 1.98 bits per heavy atom. The molecule has 42 heavy (non-hydrogen) atoms. The Balaban J connectivity index is 1.83. The van der Waals surface area contributed by atoms with Crippen molar-refractivity contribution in [3.05, 3.63) is 83.9 Å². The van der Waals surface area contributed by atoms with Crippen LogP contribution in [0, 0.1) is 0 Å². The first-order chi connectivity index (χ1) is 20.2. The maximum absolute atomic E-state index is 13.6. The number of nitrogens with zero attached hydrogens (tertiary/aromatic N) is 1. The first-order valence-corrected chi connectivity index (χ1v) is 14.7. The fourth-order valence-corrected chi connectivity index (χ4v) is 4.64. The minimum absolute atomic E-state index is 0.0411. The Morgan fingerprint density at radius 1 is 0.857 bits per heavy atom. The van der Waals surface area contributed by atoms with Crippen LogP contribution in [0.25, 0.3) is 0 Å². The summed E-state index contributed by atoms with van der Waals surface area (Å²) in [7, 11) is 0. The smallest absolute Gasteiger partial charge is 0.326 e. The van der Waals surface area contributed by atoms with E-state index in [1.165, 1.54) is 24.7 Å². The number of hydrogen-bond donors (Lipinski definition) is 7. The second-order valence-electron chi connectivity index (χ2n) is 9.75. The molecule has 0 aliphatic carbocycles. The Hall–Kier alpha value is -4.36. The lowest BCUT2D eigenvalue weighted by Crippen LogP contribution is -2.58. The molecule has 1 aromatic heterocycles. The van der Waals surface area contributed by atoms with Gasteiger partial charge in [-0.15, -0.1) is 0 Å². The van der Waals surface area contributed by atoms with Crippen molar-refractivity contribution in [3.8, 4) is 5.75 Å². The zero-order valence-electron chi connectivity index (χ0n) is 23.2. The van der Waals surface area contributed by atoms with Gasteiger partial charge in [0.1, 0.15) is 23.9 Å². The number of hydrogen-bond acceptors (Lipinski definition) is 8. The quantitative estimate of drug-likeness (QED) is 0.125. The number of phenolic OH excluding ortho intramolecular Hbond substituents is 1. The summed E-state index contributed by atoms with van der Waals surface area (Å²) in [5.41, 5.74) is 7.94. The van der Waals surface area contributed by atoms with Gasteiger partial charge in [-0.1, -0.05) is 42.5 Å². The number of thioether (sulfide) groups is 1. The minimum Gasteiger partial charge on any atom is -0.508 e. The lowest BCUT2D eigenvalue weighted by atomic mass is 10.0. The number of carbonyl (C=O) groups excluding carboxylic acids is 3. The number of imidazole rings is 1. The molecule has 0 bridgehead atoms. The molecule has 0 fully saturated rings. The van der Waals surface area contributed by atoms with E-state index in [4.69, 9.17) is 5.73 Å². The maximum Gasteiger partial charge on any atom is 0.326 e. The Labute approximate surface area is 247 Å². The fourth-order valence-electron chi connectivity index (χ4n) is 4.15. The van der Waals surface area contributed by atoms with Gasteiger partial charge in [-0.3, -0.25) is 14.4 Å². The maximum atomic E-state index is 13.6. The third kappa shape index (κ3) is 10.2. The summed E-state index contributed by atoms with van der Waals surface area (Å²) in [6, 6.07) is 10.7. The number of aromatic nitrogens is 2. The molecule has 224 valence electrons. The van der Waals surface area contributed by atoms with Gasteiger partial charge in [0.15, 0.2) is 0 Å². The number of aliphatic carboxylic acids is 1. The summed E-state index contributed by atoms with van der Waals surface area (Å²) in [5.74, 6) is -2.41. The van der Waals surface area contributed by atoms with E-state index in [9.17, 15) is 29.4 Å². The second kappa shape index (κ2) is 16.2. The van der Waals surface area contributed by atoms with Crippen LogP contribution in [0.1, 0.15) is 23.2 Å². The minimum atomic E-state index is -1.28. The topological polar surface area (TPSA) is 200 Å². The van der Waals surface area contributed by atoms with Gasteiger partial charge in [-0.25, -0.2) is 9.78 Å². The van der Waals surface area contributed by atoms with Crippen LogP contribution in [-0.2, 0) is 38.4 Å². The van der Waals surface area contributed by atoms with Gasteiger partial charge < -0.3 is 36.9 Å². The first-order valence-electron chi connectivity index (χ1n) is 13.3. The van der Waals surface area contributed by atoms with Gasteiger partial charge in [0.2, 0.25) is 17.7 Å². The first kappa shape index (κ1) is 32.2. The van der Waals surface area contributed by atoms with Crippen LogP contribution >= 0.6 is 11.8 Å². The van der Waals surface area contributed by atoms with E-state index in [1.807, 2.05) is 12.3 Å². The van der Waals surface area contributed by atoms with E-state index < -0.39 is 47.9 Å². The van der Waals surface area contributed by atoms with Crippen molar-refractivity contribution >= 4 is 35.5 Å². The van der Waals surface area contributed by atoms with E-state index in [-0.39, 0.29) is 25.0 Å². The number of rotatable bonds is 16. The zero-order chi connectivity index (χ0) is 30.5. The largest absolute Gasteiger partial charge is 0.508 e. The standard InChI is InChI=1S/C29H36N6O6S/c1-42-12-11-22(30)26(37)33-23(14-19-7-9-21(36)10-8-19)27(38)34-24(13-18-5-3-2-4-6-18)28(39)35-25(29(40)41)15-20-16-31-17-32-20/h2-10,16-17,22-25,36H,11-15,30H2,1H3,(H,31,32)(H,33,37)(H,34,38)(H,35,39)(H,40,41). The van der Waals surface area contributed by atoms with Crippen LogP contribution < -0.4 is 21.7 Å². The monoisotopic (exact) mass is 596 g/mol. The van der Waals surface area contributed by atoms with Crippen LogP contribution in [0.4, 0.5) is 0 Å². The molecule has 3 rings (SSSR count). The molecular formula is C29H36N6O6S. The molecule has 0 aliphatic heterocycles. The number of benzene rings is 2. The Bertz CT molecular complexity index is 1310. The summed E-state index contributed by atoms with van der Waals surface area (Å²) >= 11 is 1.54. The number of amides is 3. The molecule has 4 unspecified atom stereocenters. The molecule has 12 nitrogen and oxygen atoms in total. The Morgan fingerprint density at radius 2 is 1.43 bits per heavy atom. The second-order valence-corrected chi connectivity index (χ2v) is 10.7. The van der Waals surface area contributed by atoms with Crippen molar-refractivity contribution in [2.24, 2.45) is 5.73 Å². The summed E-state index contributed by atoms with van der Waals surface area (Å²) in [4.78, 5) is 58.6. The molecule has 0 saturated carbocycles. The summed E-state index contributed by atoms with van der Waals surface area (Å²) in [6.45, 7) is 0. The number of nitrogens with two attached hydrogens (primary N) is 1. The van der Waals surface area contributed by atoms with E-state index in [1.54, 1.807) is 48.2 Å². The molecular weight excluding hydrogens is 560 g/mol. The molecule has 0 radical (unpaired) electrons. The van der Waals surface area contributed by atoms with Crippen molar-refractivity contribution in [1.29, 1.82) is 0 Å². The van der Waals surface area contributed by atoms with E-state index in [0.29, 0.717) is 23.4 Å². The average molecular weight is 597 g/mol. The van der Waals surface area contributed by atoms with E-state index in [2.05, 4.69) is 25.9 Å². The van der Waals surface area contributed by atoms with Gasteiger partial charge in [0.05, 0.1) is 12.4 Å². The third-order valence-corrected chi connectivity index (χ3v) is 7.13. The van der Waals surface area contributed by atoms with Crippen LogP contribution in [0.5, 0.6) is 5.75 Å². The van der Waals surface area contributed by atoms with Crippen LogP contribution in [-0.4, -0.2) is 80.0 Å². The number of H-pyrrole nitrogens is 1. The lowest BCUT2D eigenvalue weighted by molar-refractivity contribution is -0.142. The molecule has 0 aliphatic rings. The number of carboxylic acid groups (broad SMARTS) is 1. The average Bonchev–Trinajstić information content (AvgIpc) is 3.49. The van der Waals surface area contributed by atoms with E-state index in [0.717, 1.165) is 5.56 Å². The van der Waals surface area contributed by atoms with Crippen LogP contribution in [0.15, 0.2) is 67.1 Å². The number of nitrogens with one attached hydrogen (secondary N) is 4. The summed E-state index contributed by atoms with van der Waals surface area (Å²) in [5, 5.41) is 27.3. The highest BCUT2D eigenvalue weighted by atomic mass is 32.2. The number of phenols is 1. The van der Waals surface area contributed by atoms with E-state index >= 15 is 0 Å². The molecule has 8 N–H and O–H groups in total. The van der Waals surface area contributed by atoms with Crippen molar-refractivity contribution in [2.75, 3.05) is 12.0 Å². The zero-order valence-corrected chi connectivity index (χ0v) is 24.0. The number of carbonyl (C=O) groups is 4. The Kier molecular flexibility index (Phi) is 12.4. The van der Waals surface area contributed by atoms with Crippen LogP contribution in [0.2, 0.25) is 0 Å². The van der Waals surface area contributed by atoms with Crippen molar-refractivity contribution in [1.82, 2.24) is 25.9 Å². The van der Waals surface area contributed by atoms with Crippen molar-refractivity contribution < 1.29 is 29.4 Å². The van der Waals surface area contributed by atoms with Gasteiger partial charge in [0.25, 0.3) is 0 Å². The molecule has 1 heterocycles. The van der Waals surface area contributed by atoms with Crippen molar-refractivity contribution in [2.45, 2.75) is 49.9 Å². The normalized spacial score (nSPS) is 13.8. The highest BCUT2D eigenvalue weighted by molar-refractivity contribution is 7.98. The van der Waals surface area contributed by atoms with Gasteiger partial charge in [-0.05, 0) is 41.7 Å².